The van der Waals surface area contributed by atoms with Crippen LogP contribution in [0.1, 0.15) is 24.0 Å². The Bertz CT molecular complexity index is 912. The largest absolute Gasteiger partial charge is 0.491 e. The van der Waals surface area contributed by atoms with Crippen molar-refractivity contribution in [2.24, 2.45) is 0 Å². The summed E-state index contributed by atoms with van der Waals surface area (Å²) in [7, 11) is 0. The topological polar surface area (TPSA) is 60.5 Å². The average molecular weight is 417 g/mol. The van der Waals surface area contributed by atoms with Gasteiger partial charge in [0.25, 0.3) is 0 Å². The number of nitrogens with zero attached hydrogens (tertiary/aromatic N) is 1. The molecule has 0 saturated carbocycles. The number of benzene rings is 2. The number of ether oxygens (including phenoxy) is 2. The molecule has 3 rings (SSSR count). The molecule has 0 spiro atoms. The van der Waals surface area contributed by atoms with E-state index in [1.54, 1.807) is 12.1 Å². The highest BCUT2D eigenvalue weighted by molar-refractivity contribution is 7.09. The fourth-order valence-corrected chi connectivity index (χ4v) is 3.27. The van der Waals surface area contributed by atoms with E-state index in [0.717, 1.165) is 17.2 Å². The molecule has 0 aliphatic rings. The summed E-state index contributed by atoms with van der Waals surface area (Å²) in [5, 5.41) is 6.25. The Morgan fingerprint density at radius 2 is 1.93 bits per heavy atom. The summed E-state index contributed by atoms with van der Waals surface area (Å²) in [5.74, 6) is 1.26. The Morgan fingerprint density at radius 3 is 2.71 bits per heavy atom. The van der Waals surface area contributed by atoms with Gasteiger partial charge in [-0.05, 0) is 42.8 Å². The molecule has 1 aromatic heterocycles. The highest BCUT2D eigenvalue weighted by Gasteiger charge is 2.11. The predicted molar refractivity (Wildman–Crippen MR) is 112 cm³/mol. The van der Waals surface area contributed by atoms with Crippen molar-refractivity contribution < 1.29 is 14.3 Å². The fraction of sp³-hybridized carbons (Fsp3) is 0.238. The first-order valence-corrected chi connectivity index (χ1v) is 10.2. The number of para-hydroxylation sites is 2. The van der Waals surface area contributed by atoms with Gasteiger partial charge in [-0.1, -0.05) is 30.7 Å². The Morgan fingerprint density at radius 1 is 1.14 bits per heavy atom. The van der Waals surface area contributed by atoms with Crippen molar-refractivity contribution in [2.75, 3.05) is 11.9 Å². The second-order valence-corrected chi connectivity index (χ2v) is 7.42. The lowest BCUT2D eigenvalue weighted by Gasteiger charge is -2.11. The van der Waals surface area contributed by atoms with E-state index in [9.17, 15) is 4.79 Å². The number of aromatic nitrogens is 1. The van der Waals surface area contributed by atoms with Crippen LogP contribution in [0.2, 0.25) is 5.02 Å². The van der Waals surface area contributed by atoms with Gasteiger partial charge in [0.05, 0.1) is 24.4 Å². The van der Waals surface area contributed by atoms with Gasteiger partial charge in [-0.15, -0.1) is 11.3 Å². The van der Waals surface area contributed by atoms with Gasteiger partial charge in [-0.3, -0.25) is 4.79 Å². The molecule has 0 saturated heterocycles. The van der Waals surface area contributed by atoms with Crippen LogP contribution >= 0.6 is 22.9 Å². The predicted octanol–water partition coefficient (Wildman–Crippen LogP) is 5.35. The first kappa shape index (κ1) is 20.2. The number of halogens is 1. The lowest BCUT2D eigenvalue weighted by molar-refractivity contribution is -0.115. The number of rotatable bonds is 9. The molecule has 0 aliphatic carbocycles. The minimum absolute atomic E-state index is 0.136. The molecular formula is C21H21ClN2O3S. The first-order valence-electron chi connectivity index (χ1n) is 8.97. The average Bonchev–Trinajstić information content (AvgIpc) is 3.14. The number of anilines is 1. The standard InChI is InChI=1S/C21H21ClN2O3S/c1-2-11-26-19-6-4-3-5-18(19)24-20(25)12-16-14-28-21(23-16)13-27-17-9-7-15(22)8-10-17/h3-10,14H,2,11-13H2,1H3,(H,24,25). The van der Waals surface area contributed by atoms with E-state index in [1.165, 1.54) is 11.3 Å². The van der Waals surface area contributed by atoms with Gasteiger partial charge in [0.15, 0.2) is 0 Å². The maximum absolute atomic E-state index is 12.4. The van der Waals surface area contributed by atoms with Crippen molar-refractivity contribution in [2.45, 2.75) is 26.4 Å². The van der Waals surface area contributed by atoms with Crippen molar-refractivity contribution in [3.63, 3.8) is 0 Å². The zero-order chi connectivity index (χ0) is 19.8. The molecule has 1 amide bonds. The van der Waals surface area contributed by atoms with Crippen molar-refractivity contribution in [1.82, 2.24) is 4.98 Å². The van der Waals surface area contributed by atoms with Crippen molar-refractivity contribution in [3.8, 4) is 11.5 Å². The van der Waals surface area contributed by atoms with E-state index in [0.29, 0.717) is 35.4 Å². The van der Waals surface area contributed by atoms with Gasteiger partial charge >= 0.3 is 0 Å². The summed E-state index contributed by atoms with van der Waals surface area (Å²) in [6, 6.07) is 14.6. The highest BCUT2D eigenvalue weighted by Crippen LogP contribution is 2.24. The highest BCUT2D eigenvalue weighted by atomic mass is 35.5. The minimum atomic E-state index is -0.136. The van der Waals surface area contributed by atoms with Crippen LogP contribution in [0.4, 0.5) is 5.69 Å². The molecule has 146 valence electrons. The lowest BCUT2D eigenvalue weighted by atomic mass is 10.2. The van der Waals surface area contributed by atoms with Crippen LogP contribution < -0.4 is 14.8 Å². The third-order valence-electron chi connectivity index (χ3n) is 3.74. The van der Waals surface area contributed by atoms with Crippen LogP contribution in [-0.2, 0) is 17.8 Å². The third kappa shape index (κ3) is 5.97. The molecule has 0 aliphatic heterocycles. The molecule has 0 bridgehead atoms. The summed E-state index contributed by atoms with van der Waals surface area (Å²) in [5.41, 5.74) is 1.38. The van der Waals surface area contributed by atoms with Gasteiger partial charge < -0.3 is 14.8 Å². The Balaban J connectivity index is 1.53. The number of hydrogen-bond acceptors (Lipinski definition) is 5. The second kappa shape index (κ2) is 10.1. The Labute approximate surface area is 173 Å². The third-order valence-corrected chi connectivity index (χ3v) is 4.86. The maximum atomic E-state index is 12.4. The number of amides is 1. The second-order valence-electron chi connectivity index (χ2n) is 6.04. The van der Waals surface area contributed by atoms with Crippen molar-refractivity contribution in [1.29, 1.82) is 0 Å². The fourth-order valence-electron chi connectivity index (χ4n) is 2.44. The molecule has 1 heterocycles. The quantitative estimate of drug-likeness (QED) is 0.511. The van der Waals surface area contributed by atoms with Gasteiger partial charge in [0.2, 0.25) is 5.91 Å². The zero-order valence-corrected chi connectivity index (χ0v) is 17.1. The van der Waals surface area contributed by atoms with Crippen LogP contribution in [0, 0.1) is 0 Å². The summed E-state index contributed by atoms with van der Waals surface area (Å²) < 4.78 is 11.4. The molecule has 7 heteroatoms. The molecule has 3 aromatic rings. The number of carbonyl (C=O) groups excluding carboxylic acids is 1. The van der Waals surface area contributed by atoms with Crippen LogP contribution in [0.15, 0.2) is 53.9 Å². The minimum Gasteiger partial charge on any atom is -0.491 e. The number of nitrogens with one attached hydrogen (secondary N) is 1. The summed E-state index contributed by atoms with van der Waals surface area (Å²) in [6.45, 7) is 3.00. The Kier molecular flexibility index (Phi) is 7.28. The van der Waals surface area contributed by atoms with E-state index in [-0.39, 0.29) is 12.3 Å². The summed E-state index contributed by atoms with van der Waals surface area (Å²) in [6.07, 6.45) is 1.10. The van der Waals surface area contributed by atoms with E-state index in [4.69, 9.17) is 21.1 Å². The molecular weight excluding hydrogens is 396 g/mol. The molecule has 28 heavy (non-hydrogen) atoms. The smallest absolute Gasteiger partial charge is 0.230 e. The number of thiazole rings is 1. The number of hydrogen-bond donors (Lipinski definition) is 1. The molecule has 0 fully saturated rings. The summed E-state index contributed by atoms with van der Waals surface area (Å²) in [4.78, 5) is 16.9. The molecule has 1 N–H and O–H groups in total. The lowest BCUT2D eigenvalue weighted by Crippen LogP contribution is -2.15. The van der Waals surface area contributed by atoms with Crippen molar-refractivity contribution in [3.05, 3.63) is 69.6 Å². The van der Waals surface area contributed by atoms with E-state index < -0.39 is 0 Å². The van der Waals surface area contributed by atoms with E-state index in [1.807, 2.05) is 48.7 Å². The SMILES string of the molecule is CCCOc1ccccc1NC(=O)Cc1csc(COc2ccc(Cl)cc2)n1. The summed E-state index contributed by atoms with van der Waals surface area (Å²) >= 11 is 7.33. The van der Waals surface area contributed by atoms with Gasteiger partial charge in [0.1, 0.15) is 23.1 Å². The first-order chi connectivity index (χ1) is 13.6. The normalized spacial score (nSPS) is 10.5. The molecule has 0 radical (unpaired) electrons. The maximum Gasteiger partial charge on any atom is 0.230 e. The van der Waals surface area contributed by atoms with Crippen LogP contribution in [0.3, 0.4) is 0 Å². The van der Waals surface area contributed by atoms with Crippen LogP contribution in [-0.4, -0.2) is 17.5 Å². The van der Waals surface area contributed by atoms with E-state index >= 15 is 0 Å². The van der Waals surface area contributed by atoms with Gasteiger partial charge in [0, 0.05) is 10.4 Å². The zero-order valence-electron chi connectivity index (χ0n) is 15.5. The number of carbonyl (C=O) groups is 1. The molecule has 0 unspecified atom stereocenters. The van der Waals surface area contributed by atoms with E-state index in [2.05, 4.69) is 10.3 Å². The van der Waals surface area contributed by atoms with Gasteiger partial charge in [-0.25, -0.2) is 4.98 Å². The monoisotopic (exact) mass is 416 g/mol. The van der Waals surface area contributed by atoms with Crippen molar-refractivity contribution >= 4 is 34.5 Å². The Hall–Kier alpha value is -2.57. The van der Waals surface area contributed by atoms with Gasteiger partial charge in [-0.2, -0.15) is 0 Å². The van der Waals surface area contributed by atoms with Crippen LogP contribution in [0.5, 0.6) is 11.5 Å². The molecule has 5 nitrogen and oxygen atoms in total. The molecule has 0 atom stereocenters. The molecule has 2 aromatic carbocycles. The van der Waals surface area contributed by atoms with Crippen LogP contribution in [0.25, 0.3) is 0 Å².